The van der Waals surface area contributed by atoms with Crippen molar-refractivity contribution in [3.8, 4) is 0 Å². The number of hydrogen-bond donors (Lipinski definition) is 1. The third kappa shape index (κ3) is 1.19. The van der Waals surface area contributed by atoms with Gasteiger partial charge in [0.25, 0.3) is 0 Å². The van der Waals surface area contributed by atoms with E-state index in [1.165, 1.54) is 6.07 Å². The summed E-state index contributed by atoms with van der Waals surface area (Å²) in [5.41, 5.74) is 1.73. The Morgan fingerprint density at radius 3 is 2.93 bits per heavy atom. The van der Waals surface area contributed by atoms with E-state index in [0.717, 1.165) is 10.9 Å². The minimum Gasteiger partial charge on any atom is -0.478 e. The average Bonchev–Trinajstić information content (AvgIpc) is 2.59. The first-order valence-corrected chi connectivity index (χ1v) is 4.09. The maximum absolute atomic E-state index is 10.7. The molecular formula is C11H8O3. The van der Waals surface area contributed by atoms with Gasteiger partial charge >= 0.3 is 5.97 Å². The molecule has 2 rings (SSSR count). The smallest absolute Gasteiger partial charge is 0.335 e. The second kappa shape index (κ2) is 3.03. The topological polar surface area (TPSA) is 50.4 Å². The van der Waals surface area contributed by atoms with Crippen molar-refractivity contribution in [1.29, 1.82) is 0 Å². The summed E-state index contributed by atoms with van der Waals surface area (Å²) in [7, 11) is 0. The first kappa shape index (κ1) is 8.56. The third-order valence-electron chi connectivity index (χ3n) is 2.07. The Morgan fingerprint density at radius 1 is 1.50 bits per heavy atom. The van der Waals surface area contributed by atoms with E-state index < -0.39 is 5.97 Å². The quantitative estimate of drug-likeness (QED) is 0.788. The first-order valence-electron chi connectivity index (χ1n) is 4.09. The molecule has 0 unspecified atom stereocenters. The number of hydrogen-bond acceptors (Lipinski definition) is 2. The molecule has 3 nitrogen and oxygen atoms in total. The number of rotatable bonds is 2. The van der Waals surface area contributed by atoms with E-state index in [4.69, 9.17) is 9.52 Å². The molecule has 0 aliphatic heterocycles. The van der Waals surface area contributed by atoms with Crippen LogP contribution in [-0.2, 0) is 0 Å². The number of fused-ring (bicyclic) bond motifs is 1. The lowest BCUT2D eigenvalue weighted by atomic mass is 10.1. The van der Waals surface area contributed by atoms with Crippen LogP contribution in [0.5, 0.6) is 0 Å². The van der Waals surface area contributed by atoms with Gasteiger partial charge in [0.2, 0.25) is 0 Å². The lowest BCUT2D eigenvalue weighted by Gasteiger charge is -1.94. The average molecular weight is 188 g/mol. The molecule has 0 saturated carbocycles. The maximum Gasteiger partial charge on any atom is 0.335 e. The van der Waals surface area contributed by atoms with E-state index in [0.29, 0.717) is 5.58 Å². The summed E-state index contributed by atoms with van der Waals surface area (Å²) in [6.07, 6.45) is 3.20. The fourth-order valence-electron chi connectivity index (χ4n) is 1.34. The SMILES string of the molecule is C=Cc1coc2ccc(C(=O)O)cc12. The van der Waals surface area contributed by atoms with Crippen molar-refractivity contribution in [3.63, 3.8) is 0 Å². The Kier molecular flexibility index (Phi) is 1.85. The zero-order valence-corrected chi connectivity index (χ0v) is 7.36. The van der Waals surface area contributed by atoms with Crippen molar-refractivity contribution in [2.75, 3.05) is 0 Å². The van der Waals surface area contributed by atoms with E-state index in [1.54, 1.807) is 24.5 Å². The molecule has 0 saturated heterocycles. The molecule has 0 amide bonds. The van der Waals surface area contributed by atoms with E-state index in [1.807, 2.05) is 0 Å². The summed E-state index contributed by atoms with van der Waals surface area (Å²) in [5.74, 6) is -0.942. The summed E-state index contributed by atoms with van der Waals surface area (Å²) in [5, 5.41) is 9.57. The normalized spacial score (nSPS) is 10.3. The van der Waals surface area contributed by atoms with Gasteiger partial charge in [-0.15, -0.1) is 0 Å². The predicted octanol–water partition coefficient (Wildman–Crippen LogP) is 2.77. The molecule has 0 aliphatic rings. The summed E-state index contributed by atoms with van der Waals surface area (Å²) < 4.78 is 5.21. The highest BCUT2D eigenvalue weighted by molar-refractivity contribution is 5.95. The van der Waals surface area contributed by atoms with Crippen LogP contribution in [0.3, 0.4) is 0 Å². The van der Waals surface area contributed by atoms with Crippen molar-refractivity contribution in [2.45, 2.75) is 0 Å². The summed E-state index contributed by atoms with van der Waals surface area (Å²) >= 11 is 0. The standard InChI is InChI=1S/C11H8O3/c1-2-7-6-14-10-4-3-8(11(12)13)5-9(7)10/h2-6H,1H2,(H,12,13). The lowest BCUT2D eigenvalue weighted by molar-refractivity contribution is 0.0697. The molecule has 0 radical (unpaired) electrons. The first-order chi connectivity index (χ1) is 6.72. The fraction of sp³-hybridized carbons (Fsp3) is 0. The van der Waals surface area contributed by atoms with Crippen molar-refractivity contribution in [3.05, 3.63) is 42.2 Å². The zero-order chi connectivity index (χ0) is 10.1. The van der Waals surface area contributed by atoms with E-state index >= 15 is 0 Å². The number of benzene rings is 1. The van der Waals surface area contributed by atoms with Crippen LogP contribution >= 0.6 is 0 Å². The molecule has 1 heterocycles. The molecule has 2 aromatic rings. The third-order valence-corrected chi connectivity index (χ3v) is 2.07. The van der Waals surface area contributed by atoms with Crippen molar-refractivity contribution in [1.82, 2.24) is 0 Å². The number of carboxylic acid groups (broad SMARTS) is 1. The van der Waals surface area contributed by atoms with Crippen LogP contribution in [-0.4, -0.2) is 11.1 Å². The van der Waals surface area contributed by atoms with Gasteiger partial charge in [0, 0.05) is 10.9 Å². The number of furan rings is 1. The lowest BCUT2D eigenvalue weighted by Crippen LogP contribution is -1.94. The molecule has 14 heavy (non-hydrogen) atoms. The molecule has 1 aromatic heterocycles. The fourth-order valence-corrected chi connectivity index (χ4v) is 1.34. The van der Waals surface area contributed by atoms with Crippen LogP contribution in [0, 0.1) is 0 Å². The molecule has 0 aliphatic carbocycles. The van der Waals surface area contributed by atoms with Gasteiger partial charge < -0.3 is 9.52 Å². The Hall–Kier alpha value is -2.03. The molecule has 0 atom stereocenters. The van der Waals surface area contributed by atoms with Crippen LogP contribution < -0.4 is 0 Å². The highest BCUT2D eigenvalue weighted by Crippen LogP contribution is 2.23. The van der Waals surface area contributed by atoms with Gasteiger partial charge in [0.15, 0.2) is 0 Å². The predicted molar refractivity (Wildman–Crippen MR) is 53.3 cm³/mol. The Balaban J connectivity index is 2.73. The molecule has 0 spiro atoms. The monoisotopic (exact) mass is 188 g/mol. The van der Waals surface area contributed by atoms with Gasteiger partial charge in [-0.3, -0.25) is 0 Å². The Bertz CT molecular complexity index is 508. The minimum absolute atomic E-state index is 0.252. The van der Waals surface area contributed by atoms with Crippen molar-refractivity contribution in [2.24, 2.45) is 0 Å². The largest absolute Gasteiger partial charge is 0.478 e. The number of carboxylic acids is 1. The van der Waals surface area contributed by atoms with E-state index in [2.05, 4.69) is 6.58 Å². The highest BCUT2D eigenvalue weighted by Gasteiger charge is 2.07. The van der Waals surface area contributed by atoms with Gasteiger partial charge in [-0.25, -0.2) is 4.79 Å². The zero-order valence-electron chi connectivity index (χ0n) is 7.36. The second-order valence-corrected chi connectivity index (χ2v) is 2.91. The Morgan fingerprint density at radius 2 is 2.29 bits per heavy atom. The van der Waals surface area contributed by atoms with Crippen LogP contribution in [0.25, 0.3) is 17.0 Å². The van der Waals surface area contributed by atoms with Gasteiger partial charge in [-0.05, 0) is 18.2 Å². The molecule has 1 aromatic carbocycles. The van der Waals surface area contributed by atoms with Gasteiger partial charge in [-0.1, -0.05) is 12.7 Å². The summed E-state index contributed by atoms with van der Waals surface area (Å²) in [6, 6.07) is 4.74. The summed E-state index contributed by atoms with van der Waals surface area (Å²) in [6.45, 7) is 3.62. The maximum atomic E-state index is 10.7. The molecule has 0 fully saturated rings. The second-order valence-electron chi connectivity index (χ2n) is 2.91. The summed E-state index contributed by atoms with van der Waals surface area (Å²) in [4.78, 5) is 10.7. The van der Waals surface area contributed by atoms with Gasteiger partial charge in [-0.2, -0.15) is 0 Å². The van der Waals surface area contributed by atoms with Gasteiger partial charge in [0.1, 0.15) is 5.58 Å². The molecular weight excluding hydrogens is 180 g/mol. The Labute approximate surface area is 80.3 Å². The van der Waals surface area contributed by atoms with Gasteiger partial charge in [0.05, 0.1) is 11.8 Å². The van der Waals surface area contributed by atoms with Crippen LogP contribution in [0.1, 0.15) is 15.9 Å². The highest BCUT2D eigenvalue weighted by atomic mass is 16.4. The van der Waals surface area contributed by atoms with Crippen LogP contribution in [0.4, 0.5) is 0 Å². The number of aromatic carboxylic acids is 1. The number of carbonyl (C=O) groups is 1. The van der Waals surface area contributed by atoms with E-state index in [9.17, 15) is 4.79 Å². The van der Waals surface area contributed by atoms with Crippen molar-refractivity contribution < 1.29 is 14.3 Å². The minimum atomic E-state index is -0.942. The van der Waals surface area contributed by atoms with Crippen LogP contribution in [0.2, 0.25) is 0 Å². The molecule has 0 bridgehead atoms. The molecule has 1 N–H and O–H groups in total. The molecule has 70 valence electrons. The molecule has 3 heteroatoms. The van der Waals surface area contributed by atoms with Crippen LogP contribution in [0.15, 0.2) is 35.5 Å². The van der Waals surface area contributed by atoms with Crippen molar-refractivity contribution >= 4 is 23.0 Å². The van der Waals surface area contributed by atoms with E-state index in [-0.39, 0.29) is 5.56 Å².